The minimum Gasteiger partial charge on any atom is -0.376 e. The van der Waals surface area contributed by atoms with Crippen molar-refractivity contribution in [1.29, 1.82) is 0 Å². The Morgan fingerprint density at radius 1 is 1.00 bits per heavy atom. The highest BCUT2D eigenvalue weighted by Gasteiger charge is 2.65. The molecule has 5 fully saturated rings. The number of carbonyl (C=O) groups excluding carboxylic acids is 1. The summed E-state index contributed by atoms with van der Waals surface area (Å²) >= 11 is 0. The van der Waals surface area contributed by atoms with Gasteiger partial charge in [-0.25, -0.2) is 0 Å². The van der Waals surface area contributed by atoms with Gasteiger partial charge < -0.3 is 4.74 Å². The number of hydrogen-bond donors (Lipinski definition) is 0. The van der Waals surface area contributed by atoms with Gasteiger partial charge in [0.25, 0.3) is 0 Å². The molecule has 0 aromatic rings. The summed E-state index contributed by atoms with van der Waals surface area (Å²) in [6.07, 6.45) is 7.20. The average molecular weight is 349 g/mol. The zero-order chi connectivity index (χ0) is 17.9. The average Bonchev–Trinajstić information content (AvgIpc) is 2.51. The van der Waals surface area contributed by atoms with Crippen LogP contribution < -0.4 is 0 Å². The van der Waals surface area contributed by atoms with Crippen molar-refractivity contribution in [2.45, 2.75) is 78.0 Å². The molecule has 142 valence electrons. The normalized spacial score (nSPS) is 48.1. The molecule has 0 spiro atoms. The molecule has 25 heavy (non-hydrogen) atoms. The van der Waals surface area contributed by atoms with Crippen molar-refractivity contribution < 1.29 is 9.53 Å². The Morgan fingerprint density at radius 3 is 1.96 bits per heavy atom. The van der Waals surface area contributed by atoms with Gasteiger partial charge in [0.1, 0.15) is 5.78 Å². The fourth-order valence-electron chi connectivity index (χ4n) is 6.85. The number of piperidine rings is 2. The molecule has 5 aliphatic heterocycles. The zero-order valence-corrected chi connectivity index (χ0v) is 16.6. The zero-order valence-electron chi connectivity index (χ0n) is 16.6. The molecule has 5 rings (SSSR count). The molecule has 5 aliphatic rings. The maximum absolute atomic E-state index is 13.5. The van der Waals surface area contributed by atoms with Crippen LogP contribution in [0.25, 0.3) is 0 Å². The number of hydrogen-bond acceptors (Lipinski definition) is 4. The molecule has 0 radical (unpaired) electrons. The van der Waals surface area contributed by atoms with Gasteiger partial charge in [-0.3, -0.25) is 14.6 Å². The Labute approximate surface area is 153 Å². The monoisotopic (exact) mass is 348 g/mol. The van der Waals surface area contributed by atoms with Gasteiger partial charge in [-0.2, -0.15) is 0 Å². The Morgan fingerprint density at radius 2 is 1.52 bits per heavy atom. The molecule has 4 heteroatoms. The van der Waals surface area contributed by atoms with Crippen LogP contribution in [0.4, 0.5) is 0 Å². The Hall–Kier alpha value is -0.450. The van der Waals surface area contributed by atoms with Crippen LogP contribution >= 0.6 is 0 Å². The lowest BCUT2D eigenvalue weighted by Crippen LogP contribution is -2.80. The van der Waals surface area contributed by atoms with Gasteiger partial charge in [-0.1, -0.05) is 26.7 Å². The molecular formula is C21H36N2O2. The van der Waals surface area contributed by atoms with Crippen LogP contribution in [0.3, 0.4) is 0 Å². The van der Waals surface area contributed by atoms with Crippen LogP contribution in [-0.4, -0.2) is 60.1 Å². The lowest BCUT2D eigenvalue weighted by Gasteiger charge is -2.68. The fraction of sp³-hybridized carbons (Fsp3) is 0.952. The predicted octanol–water partition coefficient (Wildman–Crippen LogP) is 3.30. The third kappa shape index (κ3) is 2.71. The first-order chi connectivity index (χ1) is 11.8. The van der Waals surface area contributed by atoms with Gasteiger partial charge >= 0.3 is 0 Å². The Kier molecular flexibility index (Phi) is 4.33. The summed E-state index contributed by atoms with van der Waals surface area (Å²) in [5.41, 5.74) is -0.174. The summed E-state index contributed by atoms with van der Waals surface area (Å²) < 4.78 is 5.98. The quantitative estimate of drug-likeness (QED) is 0.763. The van der Waals surface area contributed by atoms with Crippen LogP contribution in [0.1, 0.15) is 66.2 Å². The van der Waals surface area contributed by atoms with E-state index in [1.807, 2.05) is 0 Å². The van der Waals surface area contributed by atoms with E-state index >= 15 is 0 Å². The maximum Gasteiger partial charge on any atom is 0.150 e. The first-order valence-corrected chi connectivity index (χ1v) is 10.5. The lowest BCUT2D eigenvalue weighted by molar-refractivity contribution is -0.221. The summed E-state index contributed by atoms with van der Waals surface area (Å²) in [4.78, 5) is 18.9. The van der Waals surface area contributed by atoms with Gasteiger partial charge in [0, 0.05) is 32.8 Å². The molecule has 4 nitrogen and oxygen atoms in total. The second kappa shape index (κ2) is 6.03. The molecule has 1 atom stereocenters. The summed E-state index contributed by atoms with van der Waals surface area (Å²) in [6.45, 7) is 13.8. The Balaban J connectivity index is 1.63. The Bertz CT molecular complexity index is 500. The van der Waals surface area contributed by atoms with Gasteiger partial charge in [0.05, 0.1) is 22.6 Å². The highest BCUT2D eigenvalue weighted by Crippen LogP contribution is 2.54. The molecule has 0 N–H and O–H groups in total. The third-order valence-corrected chi connectivity index (χ3v) is 7.35. The van der Waals surface area contributed by atoms with Crippen LogP contribution in [0, 0.1) is 16.7 Å². The second-order valence-corrected chi connectivity index (χ2v) is 9.97. The van der Waals surface area contributed by atoms with E-state index in [-0.39, 0.29) is 16.4 Å². The topological polar surface area (TPSA) is 32.8 Å². The van der Waals surface area contributed by atoms with Crippen molar-refractivity contribution in [2.24, 2.45) is 16.7 Å². The number of ketones is 1. The third-order valence-electron chi connectivity index (χ3n) is 7.35. The highest BCUT2D eigenvalue weighted by molar-refractivity contribution is 5.93. The van der Waals surface area contributed by atoms with E-state index in [4.69, 9.17) is 4.74 Å². The van der Waals surface area contributed by atoms with Crippen LogP contribution in [0.5, 0.6) is 0 Å². The highest BCUT2D eigenvalue weighted by atomic mass is 16.5. The van der Waals surface area contributed by atoms with E-state index in [9.17, 15) is 4.79 Å². The maximum atomic E-state index is 13.5. The predicted molar refractivity (Wildman–Crippen MR) is 99.4 cm³/mol. The van der Waals surface area contributed by atoms with Crippen molar-refractivity contribution in [3.05, 3.63) is 0 Å². The minimum atomic E-state index is -0.0857. The van der Waals surface area contributed by atoms with Gasteiger partial charge in [-0.05, 0) is 45.4 Å². The van der Waals surface area contributed by atoms with Crippen molar-refractivity contribution in [1.82, 2.24) is 9.80 Å². The largest absolute Gasteiger partial charge is 0.376 e. The summed E-state index contributed by atoms with van der Waals surface area (Å²) in [7, 11) is 0. The molecule has 0 aromatic carbocycles. The van der Waals surface area contributed by atoms with Crippen molar-refractivity contribution in [3.63, 3.8) is 0 Å². The van der Waals surface area contributed by atoms with Crippen molar-refractivity contribution in [2.75, 3.05) is 32.8 Å². The molecule has 0 saturated carbocycles. The molecule has 4 bridgehead atoms. The molecule has 0 unspecified atom stereocenters. The van der Waals surface area contributed by atoms with E-state index in [1.165, 1.54) is 0 Å². The SMILES string of the molecule is CCCC12CN3CC(CCC)(CN(C1)C3[C@H]1CCOC(C)(C)C1)C2=O. The van der Waals surface area contributed by atoms with Crippen LogP contribution in [0.2, 0.25) is 0 Å². The molecular weight excluding hydrogens is 312 g/mol. The number of ether oxygens (including phenoxy) is 1. The van der Waals surface area contributed by atoms with Crippen molar-refractivity contribution >= 4 is 5.78 Å². The van der Waals surface area contributed by atoms with E-state index in [2.05, 4.69) is 37.5 Å². The number of carbonyl (C=O) groups is 1. The molecule has 0 aromatic heterocycles. The summed E-state index contributed by atoms with van der Waals surface area (Å²) in [5, 5.41) is 0. The van der Waals surface area contributed by atoms with Gasteiger partial charge in [0.15, 0.2) is 0 Å². The van der Waals surface area contributed by atoms with Crippen molar-refractivity contribution in [3.8, 4) is 0 Å². The summed E-state index contributed by atoms with van der Waals surface area (Å²) in [6, 6.07) is 0. The van der Waals surface area contributed by atoms with E-state index in [0.717, 1.165) is 71.3 Å². The number of rotatable bonds is 5. The van der Waals surface area contributed by atoms with Crippen LogP contribution in [-0.2, 0) is 9.53 Å². The first-order valence-electron chi connectivity index (χ1n) is 10.5. The van der Waals surface area contributed by atoms with E-state index in [1.54, 1.807) is 0 Å². The standard InChI is InChI=1S/C21H36N2O2/c1-5-8-20-12-22-14-21(9-6-2,18(20)24)15-23(13-20)17(22)16-7-10-25-19(3,4)11-16/h16-17H,5-15H2,1-4H3/t16-,17?,20?,21?/m0/s1. The smallest absolute Gasteiger partial charge is 0.150 e. The van der Waals surface area contributed by atoms with Gasteiger partial charge in [-0.15, -0.1) is 0 Å². The lowest BCUT2D eigenvalue weighted by atomic mass is 9.57. The first kappa shape index (κ1) is 17.9. The second-order valence-electron chi connectivity index (χ2n) is 9.97. The number of nitrogens with zero attached hydrogens (tertiary/aromatic N) is 2. The number of Topliss-reactive ketones (excluding diaryl/α,β-unsaturated/α-hetero) is 1. The molecule has 5 saturated heterocycles. The minimum absolute atomic E-state index is 0.00213. The molecule has 5 heterocycles. The summed E-state index contributed by atoms with van der Waals surface area (Å²) in [5.74, 6) is 1.29. The fourth-order valence-corrected chi connectivity index (χ4v) is 6.85. The van der Waals surface area contributed by atoms with Gasteiger partial charge in [0.2, 0.25) is 0 Å². The van der Waals surface area contributed by atoms with E-state index < -0.39 is 0 Å². The van der Waals surface area contributed by atoms with E-state index in [0.29, 0.717) is 17.9 Å². The van der Waals surface area contributed by atoms with Crippen LogP contribution in [0.15, 0.2) is 0 Å². The molecule has 0 amide bonds. The molecule has 0 aliphatic carbocycles.